The van der Waals surface area contributed by atoms with Crippen LogP contribution in [0.25, 0.3) is 11.1 Å². The van der Waals surface area contributed by atoms with Crippen molar-refractivity contribution >= 4 is 18.0 Å². The zero-order valence-electron chi connectivity index (χ0n) is 19.6. The number of carboxylic acid groups (broad SMARTS) is 1. The van der Waals surface area contributed by atoms with E-state index >= 15 is 0 Å². The number of carbonyl (C=O) groups is 3. The molecule has 5 unspecified atom stereocenters. The van der Waals surface area contributed by atoms with E-state index in [1.54, 1.807) is 4.90 Å². The number of fused-ring (bicyclic) bond motifs is 4. The maximum Gasteiger partial charge on any atom is 0.407 e. The second-order valence-corrected chi connectivity index (χ2v) is 10.5. The van der Waals surface area contributed by atoms with E-state index in [1.165, 1.54) is 22.3 Å². The molecule has 2 saturated carbocycles. The first-order valence-electron chi connectivity index (χ1n) is 12.6. The lowest BCUT2D eigenvalue weighted by Crippen LogP contribution is -2.50. The number of aliphatic carboxylic acids is 1. The number of carbonyl (C=O) groups excluding carboxylic acids is 2. The molecule has 0 spiro atoms. The Balaban J connectivity index is 1.02. The highest BCUT2D eigenvalue weighted by Crippen LogP contribution is 2.50. The molecule has 1 saturated heterocycles. The summed E-state index contributed by atoms with van der Waals surface area (Å²) < 4.78 is 5.70. The van der Waals surface area contributed by atoms with Gasteiger partial charge < -0.3 is 20.1 Å². The molecule has 35 heavy (non-hydrogen) atoms. The van der Waals surface area contributed by atoms with Gasteiger partial charge in [0, 0.05) is 31.0 Å². The molecule has 4 aliphatic rings. The van der Waals surface area contributed by atoms with Crippen LogP contribution in [0.1, 0.15) is 42.7 Å². The van der Waals surface area contributed by atoms with Crippen molar-refractivity contribution in [2.45, 2.75) is 37.6 Å². The standard InChI is InChI=1S/C28H30N2O5/c31-26(30-10-9-16(14-30)27(32)33)18-11-17-13-25(23(17)12-18)29-28(34)35-15-24-21-7-3-1-5-19(21)20-6-2-4-8-22(20)24/h1-8,16-18,23-25H,9-15H2,(H,29,34)(H,32,33). The van der Waals surface area contributed by atoms with Gasteiger partial charge in [-0.15, -0.1) is 0 Å². The largest absolute Gasteiger partial charge is 0.481 e. The summed E-state index contributed by atoms with van der Waals surface area (Å²) in [6.07, 6.45) is 2.60. The number of hydrogen-bond acceptors (Lipinski definition) is 4. The molecular formula is C28H30N2O5. The minimum Gasteiger partial charge on any atom is -0.481 e. The van der Waals surface area contributed by atoms with Crippen molar-refractivity contribution < 1.29 is 24.2 Å². The highest BCUT2D eigenvalue weighted by Gasteiger charge is 2.51. The predicted octanol–water partition coefficient (Wildman–Crippen LogP) is 3.87. The average Bonchev–Trinajstić information content (AvgIpc) is 3.56. The van der Waals surface area contributed by atoms with E-state index in [0.717, 1.165) is 19.3 Å². The molecule has 2 aromatic carbocycles. The summed E-state index contributed by atoms with van der Waals surface area (Å²) in [5, 5.41) is 12.3. The summed E-state index contributed by atoms with van der Waals surface area (Å²) in [6.45, 7) is 1.14. The average molecular weight is 475 g/mol. The van der Waals surface area contributed by atoms with Gasteiger partial charge in [-0.05, 0) is 59.8 Å². The Morgan fingerprint density at radius 1 is 0.943 bits per heavy atom. The smallest absolute Gasteiger partial charge is 0.407 e. The van der Waals surface area contributed by atoms with Crippen molar-refractivity contribution in [3.63, 3.8) is 0 Å². The monoisotopic (exact) mass is 474 g/mol. The highest BCUT2D eigenvalue weighted by atomic mass is 16.5. The van der Waals surface area contributed by atoms with Crippen LogP contribution in [0.2, 0.25) is 0 Å². The zero-order chi connectivity index (χ0) is 24.1. The summed E-state index contributed by atoms with van der Waals surface area (Å²) in [4.78, 5) is 38.6. The number of likely N-dealkylation sites (tertiary alicyclic amines) is 1. The molecule has 1 heterocycles. The van der Waals surface area contributed by atoms with Gasteiger partial charge in [0.2, 0.25) is 5.91 Å². The third kappa shape index (κ3) is 3.87. The number of amides is 2. The van der Waals surface area contributed by atoms with Crippen LogP contribution < -0.4 is 5.32 Å². The van der Waals surface area contributed by atoms with Crippen LogP contribution in [-0.4, -0.2) is 53.7 Å². The third-order valence-electron chi connectivity index (χ3n) is 8.67. The molecule has 3 fully saturated rings. The van der Waals surface area contributed by atoms with Crippen molar-refractivity contribution in [3.8, 4) is 11.1 Å². The zero-order valence-corrected chi connectivity index (χ0v) is 19.6. The Morgan fingerprint density at radius 3 is 2.29 bits per heavy atom. The van der Waals surface area contributed by atoms with Crippen LogP contribution >= 0.6 is 0 Å². The molecule has 182 valence electrons. The van der Waals surface area contributed by atoms with Gasteiger partial charge in [-0.3, -0.25) is 9.59 Å². The first-order chi connectivity index (χ1) is 17.0. The van der Waals surface area contributed by atoms with E-state index in [1.807, 2.05) is 24.3 Å². The fourth-order valence-electron chi connectivity index (χ4n) is 6.81. The Bertz CT molecular complexity index is 1130. The second-order valence-electron chi connectivity index (χ2n) is 10.5. The number of nitrogens with zero attached hydrogens (tertiary/aromatic N) is 1. The van der Waals surface area contributed by atoms with E-state index in [0.29, 0.717) is 38.0 Å². The summed E-state index contributed by atoms with van der Waals surface area (Å²) in [6, 6.07) is 16.6. The Kier molecular flexibility index (Phi) is 5.50. The Hall–Kier alpha value is -3.35. The van der Waals surface area contributed by atoms with Crippen molar-refractivity contribution in [3.05, 3.63) is 59.7 Å². The lowest BCUT2D eigenvalue weighted by atomic mass is 9.71. The quantitative estimate of drug-likeness (QED) is 0.686. The normalized spacial score (nSPS) is 28.6. The fourth-order valence-corrected chi connectivity index (χ4v) is 6.81. The number of rotatable bonds is 5. The summed E-state index contributed by atoms with van der Waals surface area (Å²) in [5.41, 5.74) is 4.78. The van der Waals surface area contributed by atoms with Crippen molar-refractivity contribution in [1.29, 1.82) is 0 Å². The Morgan fingerprint density at radius 2 is 1.63 bits per heavy atom. The maximum atomic E-state index is 12.9. The van der Waals surface area contributed by atoms with Gasteiger partial charge in [0.25, 0.3) is 0 Å². The molecule has 6 rings (SSSR count). The van der Waals surface area contributed by atoms with Gasteiger partial charge >= 0.3 is 12.1 Å². The number of alkyl carbamates (subject to hydrolysis) is 1. The molecule has 2 aromatic rings. The molecule has 5 atom stereocenters. The molecule has 2 amide bonds. The van der Waals surface area contributed by atoms with Crippen LogP contribution in [0.3, 0.4) is 0 Å². The first kappa shape index (κ1) is 22.1. The number of carboxylic acids is 1. The summed E-state index contributed by atoms with van der Waals surface area (Å²) in [7, 11) is 0. The van der Waals surface area contributed by atoms with Gasteiger partial charge in [-0.2, -0.15) is 0 Å². The van der Waals surface area contributed by atoms with E-state index in [9.17, 15) is 19.5 Å². The van der Waals surface area contributed by atoms with Gasteiger partial charge in [0.05, 0.1) is 5.92 Å². The van der Waals surface area contributed by atoms with E-state index in [4.69, 9.17) is 4.74 Å². The number of benzene rings is 2. The molecule has 2 N–H and O–H groups in total. The molecule has 7 nitrogen and oxygen atoms in total. The van der Waals surface area contributed by atoms with Gasteiger partial charge in [-0.25, -0.2) is 4.79 Å². The maximum absolute atomic E-state index is 12.9. The topological polar surface area (TPSA) is 95.9 Å². The highest BCUT2D eigenvalue weighted by molar-refractivity contribution is 5.81. The SMILES string of the molecule is O=C(NC1CC2CC(C(=O)N3CCC(C(=O)O)C3)CC21)OCC1c2ccccc2-c2ccccc21. The van der Waals surface area contributed by atoms with Crippen LogP contribution in [0, 0.1) is 23.7 Å². The van der Waals surface area contributed by atoms with E-state index < -0.39 is 18.0 Å². The lowest BCUT2D eigenvalue weighted by molar-refractivity contribution is -0.141. The predicted molar refractivity (Wildman–Crippen MR) is 129 cm³/mol. The molecular weight excluding hydrogens is 444 g/mol. The van der Waals surface area contributed by atoms with Gasteiger partial charge in [0.1, 0.15) is 6.61 Å². The van der Waals surface area contributed by atoms with E-state index in [2.05, 4.69) is 29.6 Å². The van der Waals surface area contributed by atoms with Crippen LogP contribution in [0.5, 0.6) is 0 Å². The van der Waals surface area contributed by atoms with E-state index in [-0.39, 0.29) is 23.8 Å². The van der Waals surface area contributed by atoms with Crippen molar-refractivity contribution in [2.24, 2.45) is 23.7 Å². The third-order valence-corrected chi connectivity index (χ3v) is 8.67. The summed E-state index contributed by atoms with van der Waals surface area (Å²) >= 11 is 0. The number of ether oxygens (including phenoxy) is 1. The van der Waals surface area contributed by atoms with Gasteiger partial charge in [-0.1, -0.05) is 48.5 Å². The van der Waals surface area contributed by atoms with Gasteiger partial charge in [0.15, 0.2) is 0 Å². The molecule has 3 aliphatic carbocycles. The minimum atomic E-state index is -0.820. The molecule has 0 radical (unpaired) electrons. The minimum absolute atomic E-state index is 0.0332. The van der Waals surface area contributed by atoms with Crippen molar-refractivity contribution in [1.82, 2.24) is 10.2 Å². The molecule has 0 aromatic heterocycles. The molecule has 1 aliphatic heterocycles. The molecule has 0 bridgehead atoms. The number of hydrogen-bond donors (Lipinski definition) is 2. The Labute approximate surface area is 204 Å². The lowest BCUT2D eigenvalue weighted by Gasteiger charge is -2.40. The molecule has 7 heteroatoms. The van der Waals surface area contributed by atoms with Crippen LogP contribution in [0.4, 0.5) is 4.79 Å². The second kappa shape index (κ2) is 8.70. The summed E-state index contributed by atoms with van der Waals surface area (Å²) in [5.74, 6) is -0.469. The fraction of sp³-hybridized carbons (Fsp3) is 0.464. The van der Waals surface area contributed by atoms with Crippen LogP contribution in [-0.2, 0) is 14.3 Å². The number of nitrogens with one attached hydrogen (secondary N) is 1. The first-order valence-corrected chi connectivity index (χ1v) is 12.6. The van der Waals surface area contributed by atoms with Crippen LogP contribution in [0.15, 0.2) is 48.5 Å². The van der Waals surface area contributed by atoms with Crippen molar-refractivity contribution in [2.75, 3.05) is 19.7 Å².